The molecule has 1 aromatic heterocycles. The minimum Gasteiger partial charge on any atom is -0.331 e. The Hall–Kier alpha value is -2.14. The van der Waals surface area contributed by atoms with Crippen LogP contribution in [0.4, 0.5) is 5.69 Å². The number of fused-ring (bicyclic) bond motifs is 2. The van der Waals surface area contributed by atoms with Gasteiger partial charge in [-0.2, -0.15) is 0 Å². The number of benzene rings is 2. The number of hydrogen-bond acceptors (Lipinski definition) is 2. The molecule has 4 nitrogen and oxygen atoms in total. The molecule has 0 saturated carbocycles. The second-order valence-electron chi connectivity index (χ2n) is 5.90. The number of aryl methyl sites for hydroxylation is 2. The molecule has 0 bridgehead atoms. The Morgan fingerprint density at radius 3 is 2.87 bits per heavy atom. The molecule has 0 radical (unpaired) electrons. The Labute approximate surface area is 142 Å². The number of imidazole rings is 1. The van der Waals surface area contributed by atoms with Crippen molar-refractivity contribution in [3.05, 3.63) is 57.8 Å². The molecular weight excluding hydrogens is 354 g/mol. The van der Waals surface area contributed by atoms with Crippen LogP contribution in [0.3, 0.4) is 0 Å². The van der Waals surface area contributed by atoms with E-state index in [1.54, 1.807) is 0 Å². The van der Waals surface area contributed by atoms with Gasteiger partial charge in [-0.05, 0) is 55.3 Å². The van der Waals surface area contributed by atoms with Gasteiger partial charge >= 0.3 is 0 Å². The predicted octanol–water partition coefficient (Wildman–Crippen LogP) is 3.85. The van der Waals surface area contributed by atoms with Crippen LogP contribution in [0, 0.1) is 6.92 Å². The molecule has 0 saturated heterocycles. The molecule has 0 unspecified atom stereocenters. The quantitative estimate of drug-likeness (QED) is 0.653. The van der Waals surface area contributed by atoms with Crippen LogP contribution in [0.15, 0.2) is 40.9 Å². The van der Waals surface area contributed by atoms with Crippen LogP contribution < -0.4 is 4.90 Å². The Bertz CT molecular complexity index is 945. The number of carbonyl (C=O) groups is 1. The minimum absolute atomic E-state index is 0.0382. The van der Waals surface area contributed by atoms with Gasteiger partial charge in [0.2, 0.25) is 0 Å². The number of nitrogens with zero attached hydrogens (tertiary/aromatic N) is 3. The molecule has 1 amide bonds. The molecule has 0 fully saturated rings. The van der Waals surface area contributed by atoms with Crippen LogP contribution in [0.2, 0.25) is 0 Å². The summed E-state index contributed by atoms with van der Waals surface area (Å²) in [6.45, 7) is 2.69. The largest absolute Gasteiger partial charge is 0.331 e. The molecule has 4 rings (SSSR count). The maximum Gasteiger partial charge on any atom is 0.258 e. The number of hydrogen-bond donors (Lipinski definition) is 0. The van der Waals surface area contributed by atoms with E-state index in [4.69, 9.17) is 0 Å². The zero-order valence-corrected chi connectivity index (χ0v) is 14.6. The van der Waals surface area contributed by atoms with Gasteiger partial charge in [0.1, 0.15) is 5.82 Å². The Kier molecular flexibility index (Phi) is 3.27. The highest BCUT2D eigenvalue weighted by Gasteiger charge is 2.26. The fourth-order valence-electron chi connectivity index (χ4n) is 3.19. The van der Waals surface area contributed by atoms with E-state index < -0.39 is 0 Å². The first-order valence-electron chi connectivity index (χ1n) is 7.58. The summed E-state index contributed by atoms with van der Waals surface area (Å²) in [4.78, 5) is 19.3. The zero-order valence-electron chi connectivity index (χ0n) is 13.0. The normalized spacial score (nSPS) is 13.6. The monoisotopic (exact) mass is 369 g/mol. The third-order valence-corrected chi connectivity index (χ3v) is 5.03. The van der Waals surface area contributed by atoms with E-state index in [9.17, 15) is 4.79 Å². The molecule has 1 aliphatic rings. The topological polar surface area (TPSA) is 38.1 Å². The number of aromatic nitrogens is 2. The molecule has 0 atom stereocenters. The number of halogens is 1. The van der Waals surface area contributed by atoms with Gasteiger partial charge in [-0.25, -0.2) is 4.98 Å². The van der Waals surface area contributed by atoms with E-state index in [1.165, 1.54) is 5.56 Å². The molecule has 0 spiro atoms. The molecule has 116 valence electrons. The van der Waals surface area contributed by atoms with Crippen molar-refractivity contribution in [3.63, 3.8) is 0 Å². The van der Waals surface area contributed by atoms with Crippen molar-refractivity contribution in [2.24, 2.45) is 7.05 Å². The van der Waals surface area contributed by atoms with Crippen molar-refractivity contribution in [1.29, 1.82) is 0 Å². The summed E-state index contributed by atoms with van der Waals surface area (Å²) >= 11 is 3.49. The number of anilines is 1. The fourth-order valence-corrected chi connectivity index (χ4v) is 3.60. The van der Waals surface area contributed by atoms with Gasteiger partial charge in [0.15, 0.2) is 0 Å². The Morgan fingerprint density at radius 2 is 2.04 bits per heavy atom. The van der Waals surface area contributed by atoms with E-state index in [0.717, 1.165) is 40.0 Å². The zero-order chi connectivity index (χ0) is 16.1. The average Bonchev–Trinajstić information content (AvgIpc) is 3.07. The van der Waals surface area contributed by atoms with Crippen LogP contribution in [-0.4, -0.2) is 22.0 Å². The van der Waals surface area contributed by atoms with Gasteiger partial charge in [-0.3, -0.25) is 4.79 Å². The second-order valence-corrected chi connectivity index (χ2v) is 6.82. The maximum absolute atomic E-state index is 12.9. The molecule has 5 heteroatoms. The van der Waals surface area contributed by atoms with Crippen LogP contribution in [-0.2, 0) is 13.5 Å². The molecule has 0 aliphatic carbocycles. The van der Waals surface area contributed by atoms with Crippen LogP contribution in [0.5, 0.6) is 0 Å². The molecular formula is C18H16BrN3O. The summed E-state index contributed by atoms with van der Waals surface area (Å²) < 4.78 is 3.09. The molecule has 2 heterocycles. The van der Waals surface area contributed by atoms with Gasteiger partial charge in [0.25, 0.3) is 5.91 Å². The number of carbonyl (C=O) groups excluding carboxylic acids is 1. The third kappa shape index (κ3) is 2.27. The lowest BCUT2D eigenvalue weighted by Gasteiger charge is -2.17. The lowest BCUT2D eigenvalue weighted by molar-refractivity contribution is 0.0989. The summed E-state index contributed by atoms with van der Waals surface area (Å²) in [5, 5.41) is 0. The SMILES string of the molecule is Cc1nc2cc(C(=O)N3CCc4cc(Br)ccc43)ccc2n1C. The summed E-state index contributed by atoms with van der Waals surface area (Å²) in [6, 6.07) is 11.8. The van der Waals surface area contributed by atoms with Gasteiger partial charge in [-0.1, -0.05) is 15.9 Å². The smallest absolute Gasteiger partial charge is 0.258 e. The van der Waals surface area contributed by atoms with E-state index in [-0.39, 0.29) is 5.91 Å². The lowest BCUT2D eigenvalue weighted by Crippen LogP contribution is -2.28. The fraction of sp³-hybridized carbons (Fsp3) is 0.222. The van der Waals surface area contributed by atoms with E-state index in [1.807, 2.05) is 53.8 Å². The molecule has 3 aromatic rings. The van der Waals surface area contributed by atoms with Gasteiger partial charge in [0.05, 0.1) is 11.0 Å². The molecule has 2 aromatic carbocycles. The van der Waals surface area contributed by atoms with Crippen molar-refractivity contribution in [3.8, 4) is 0 Å². The molecule has 1 aliphatic heterocycles. The average molecular weight is 370 g/mol. The second kappa shape index (κ2) is 5.20. The standard InChI is InChI=1S/C18H16BrN3O/c1-11-20-15-10-13(3-5-17(15)21(11)2)18(23)22-8-7-12-9-14(19)4-6-16(12)22/h3-6,9-10H,7-8H2,1-2H3. The maximum atomic E-state index is 12.9. The van der Waals surface area contributed by atoms with E-state index >= 15 is 0 Å². The highest BCUT2D eigenvalue weighted by atomic mass is 79.9. The van der Waals surface area contributed by atoms with Gasteiger partial charge < -0.3 is 9.47 Å². The highest BCUT2D eigenvalue weighted by molar-refractivity contribution is 9.10. The van der Waals surface area contributed by atoms with Crippen molar-refractivity contribution < 1.29 is 4.79 Å². The summed E-state index contributed by atoms with van der Waals surface area (Å²) in [5.74, 6) is 0.984. The van der Waals surface area contributed by atoms with Gasteiger partial charge in [0, 0.05) is 29.3 Å². The molecule has 0 N–H and O–H groups in total. The summed E-state index contributed by atoms with van der Waals surface area (Å²) in [5.41, 5.74) is 4.82. The first-order valence-corrected chi connectivity index (χ1v) is 8.37. The van der Waals surface area contributed by atoms with Gasteiger partial charge in [-0.15, -0.1) is 0 Å². The Balaban J connectivity index is 1.73. The van der Waals surface area contributed by atoms with E-state index in [0.29, 0.717) is 5.56 Å². The van der Waals surface area contributed by atoms with E-state index in [2.05, 4.69) is 27.0 Å². The number of amides is 1. The van der Waals surface area contributed by atoms with Crippen molar-refractivity contribution in [2.75, 3.05) is 11.4 Å². The Morgan fingerprint density at radius 1 is 1.22 bits per heavy atom. The minimum atomic E-state index is 0.0382. The molecule has 23 heavy (non-hydrogen) atoms. The first kappa shape index (κ1) is 14.5. The van der Waals surface area contributed by atoms with Crippen molar-refractivity contribution in [2.45, 2.75) is 13.3 Å². The van der Waals surface area contributed by atoms with Crippen LogP contribution >= 0.6 is 15.9 Å². The van der Waals surface area contributed by atoms with Crippen molar-refractivity contribution >= 4 is 38.6 Å². The first-order chi connectivity index (χ1) is 11.0. The van der Waals surface area contributed by atoms with Crippen LogP contribution in [0.25, 0.3) is 11.0 Å². The summed E-state index contributed by atoms with van der Waals surface area (Å²) in [6.07, 6.45) is 0.894. The van der Waals surface area contributed by atoms with Crippen LogP contribution in [0.1, 0.15) is 21.7 Å². The predicted molar refractivity (Wildman–Crippen MR) is 95.0 cm³/mol. The lowest BCUT2D eigenvalue weighted by atomic mass is 10.1. The number of rotatable bonds is 1. The summed E-state index contributed by atoms with van der Waals surface area (Å²) in [7, 11) is 1.99. The third-order valence-electron chi connectivity index (χ3n) is 4.53. The van der Waals surface area contributed by atoms with Crippen molar-refractivity contribution in [1.82, 2.24) is 9.55 Å². The highest BCUT2D eigenvalue weighted by Crippen LogP contribution is 2.32.